The maximum absolute atomic E-state index is 12.9. The highest BCUT2D eigenvalue weighted by Crippen LogP contribution is 2.35. The van der Waals surface area contributed by atoms with Gasteiger partial charge in [-0.25, -0.2) is 14.6 Å². The number of rotatable bonds is 2. The molecule has 0 saturated carbocycles. The first kappa shape index (κ1) is 16.6. The third-order valence-electron chi connectivity index (χ3n) is 2.71. The molecule has 2 heterocycles. The highest BCUT2D eigenvalue weighted by Gasteiger charge is 2.35. The van der Waals surface area contributed by atoms with Crippen molar-refractivity contribution in [3.63, 3.8) is 0 Å². The number of amides is 1. The van der Waals surface area contributed by atoms with Crippen molar-refractivity contribution in [2.45, 2.75) is 6.18 Å². The lowest BCUT2D eigenvalue weighted by molar-refractivity contribution is -0.141. The van der Waals surface area contributed by atoms with E-state index in [0.29, 0.717) is 6.07 Å². The van der Waals surface area contributed by atoms with Gasteiger partial charge in [-0.15, -0.1) is 0 Å². The second-order valence-corrected chi connectivity index (χ2v) is 4.59. The lowest BCUT2D eigenvalue weighted by Gasteiger charge is -2.12. The lowest BCUT2D eigenvalue weighted by atomic mass is 10.2. The molecule has 2 rings (SSSR count). The Morgan fingerprint density at radius 3 is 2.43 bits per heavy atom. The van der Waals surface area contributed by atoms with Gasteiger partial charge < -0.3 is 18.8 Å². The van der Waals surface area contributed by atoms with Crippen LogP contribution in [-0.4, -0.2) is 43.2 Å². The smallest absolute Gasteiger partial charge is 0.433 e. The number of hydrogen-bond acceptors (Lipinski definition) is 6. The monoisotopic (exact) mass is 332 g/mol. The fourth-order valence-electron chi connectivity index (χ4n) is 1.60. The van der Waals surface area contributed by atoms with E-state index in [1.54, 1.807) is 0 Å². The Morgan fingerprint density at radius 1 is 1.26 bits per heavy atom. The maximum Gasteiger partial charge on any atom is 0.433 e. The van der Waals surface area contributed by atoms with Gasteiger partial charge in [0.15, 0.2) is 5.69 Å². The van der Waals surface area contributed by atoms with Gasteiger partial charge in [-0.2, -0.15) is 13.2 Å². The zero-order valence-electron chi connectivity index (χ0n) is 12.2. The number of nitrogens with zero attached hydrogens (tertiary/aromatic N) is 2. The van der Waals surface area contributed by atoms with Gasteiger partial charge in [0.1, 0.15) is 5.75 Å². The number of pyridine rings is 1. The van der Waals surface area contributed by atoms with E-state index in [2.05, 4.69) is 9.72 Å². The molecule has 23 heavy (non-hydrogen) atoms. The minimum Gasteiger partial charge on any atom is -0.463 e. The van der Waals surface area contributed by atoms with E-state index in [-0.39, 0.29) is 11.1 Å². The number of carbonyl (C=O) groups is 2. The molecule has 0 bridgehead atoms. The highest BCUT2D eigenvalue weighted by molar-refractivity contribution is 5.94. The lowest BCUT2D eigenvalue weighted by Crippen LogP contribution is -2.25. The van der Waals surface area contributed by atoms with E-state index in [0.717, 1.165) is 18.1 Å². The molecule has 7 nitrogen and oxygen atoms in total. The Kier molecular flexibility index (Phi) is 4.17. The molecule has 0 saturated heterocycles. The van der Waals surface area contributed by atoms with Crippen LogP contribution in [-0.2, 0) is 10.9 Å². The molecule has 0 N–H and O–H groups in total. The molecule has 0 aromatic carbocycles. The number of aromatic nitrogens is 1. The number of alkyl halides is 3. The van der Waals surface area contributed by atoms with E-state index in [1.165, 1.54) is 14.1 Å². The summed E-state index contributed by atoms with van der Waals surface area (Å²) in [5.41, 5.74) is -1.82. The van der Waals surface area contributed by atoms with Gasteiger partial charge in [-0.3, -0.25) is 0 Å². The van der Waals surface area contributed by atoms with Crippen LogP contribution in [0.5, 0.6) is 5.75 Å². The van der Waals surface area contributed by atoms with Gasteiger partial charge in [0.2, 0.25) is 11.5 Å². The largest absolute Gasteiger partial charge is 0.463 e. The Balaban J connectivity index is 2.62. The maximum atomic E-state index is 12.9. The number of methoxy groups -OCH3 is 1. The summed E-state index contributed by atoms with van der Waals surface area (Å²) in [7, 11) is 3.80. The first-order chi connectivity index (χ1) is 10.6. The van der Waals surface area contributed by atoms with Gasteiger partial charge in [0.25, 0.3) is 0 Å². The fraction of sp³-hybridized carbons (Fsp3) is 0.308. The van der Waals surface area contributed by atoms with Crippen LogP contribution in [0.3, 0.4) is 0 Å². The second-order valence-electron chi connectivity index (χ2n) is 4.59. The standard InChI is InChI=1S/C13H11F3N2O5/c1-18(2)12(20)23-7-5-9(13(14,15)16)17-10-6(7)4-8(22-10)11(19)21-3/h4-5H,1-3H3. The van der Waals surface area contributed by atoms with Gasteiger partial charge in [-0.05, 0) is 0 Å². The van der Waals surface area contributed by atoms with Crippen LogP contribution in [0.25, 0.3) is 11.1 Å². The molecule has 0 unspecified atom stereocenters. The summed E-state index contributed by atoms with van der Waals surface area (Å²) in [6, 6.07) is 1.65. The Morgan fingerprint density at radius 2 is 1.91 bits per heavy atom. The predicted molar refractivity (Wildman–Crippen MR) is 70.1 cm³/mol. The zero-order valence-corrected chi connectivity index (χ0v) is 12.2. The third kappa shape index (κ3) is 3.35. The van der Waals surface area contributed by atoms with E-state index >= 15 is 0 Å². The van der Waals surface area contributed by atoms with Crippen molar-refractivity contribution >= 4 is 23.2 Å². The molecule has 0 radical (unpaired) electrons. The molecule has 10 heteroatoms. The van der Waals surface area contributed by atoms with Crippen LogP contribution in [0, 0.1) is 0 Å². The average molecular weight is 332 g/mol. The van der Waals surface area contributed by atoms with E-state index in [4.69, 9.17) is 9.15 Å². The number of furan rings is 1. The molecule has 0 aliphatic carbocycles. The number of halogens is 3. The molecule has 0 aliphatic rings. The van der Waals surface area contributed by atoms with Gasteiger partial charge in [0, 0.05) is 26.2 Å². The van der Waals surface area contributed by atoms with E-state index < -0.39 is 35.4 Å². The van der Waals surface area contributed by atoms with Crippen LogP contribution in [0.15, 0.2) is 16.5 Å². The van der Waals surface area contributed by atoms with Crippen LogP contribution in [0.1, 0.15) is 16.2 Å². The van der Waals surface area contributed by atoms with Crippen molar-refractivity contribution in [2.75, 3.05) is 21.2 Å². The molecule has 1 amide bonds. The van der Waals surface area contributed by atoms with Gasteiger partial charge in [-0.1, -0.05) is 0 Å². The first-order valence-electron chi connectivity index (χ1n) is 6.12. The number of esters is 1. The molecule has 0 fully saturated rings. The molecule has 0 atom stereocenters. The summed E-state index contributed by atoms with van der Waals surface area (Å²) in [6.45, 7) is 0. The van der Waals surface area contributed by atoms with E-state index in [9.17, 15) is 22.8 Å². The van der Waals surface area contributed by atoms with Crippen LogP contribution in [0.4, 0.5) is 18.0 Å². The molecule has 0 aliphatic heterocycles. The third-order valence-corrected chi connectivity index (χ3v) is 2.71. The fourth-order valence-corrected chi connectivity index (χ4v) is 1.60. The highest BCUT2D eigenvalue weighted by atomic mass is 19.4. The summed E-state index contributed by atoms with van der Waals surface area (Å²) < 4.78 is 52.9. The van der Waals surface area contributed by atoms with Crippen LogP contribution in [0.2, 0.25) is 0 Å². The minimum absolute atomic E-state index is 0.0615. The Hall–Kier alpha value is -2.78. The van der Waals surface area contributed by atoms with Crippen molar-refractivity contribution in [3.8, 4) is 5.75 Å². The normalized spacial score (nSPS) is 11.4. The number of ether oxygens (including phenoxy) is 2. The first-order valence-corrected chi connectivity index (χ1v) is 6.12. The molecular formula is C13H11F3N2O5. The molecule has 2 aromatic heterocycles. The quantitative estimate of drug-likeness (QED) is 0.787. The summed E-state index contributed by atoms with van der Waals surface area (Å²) in [6.07, 6.45) is -5.68. The molecule has 0 spiro atoms. The average Bonchev–Trinajstić information content (AvgIpc) is 2.89. The zero-order chi connectivity index (χ0) is 17.4. The van der Waals surface area contributed by atoms with Crippen molar-refractivity contribution < 1.29 is 36.7 Å². The summed E-state index contributed by atoms with van der Waals surface area (Å²) >= 11 is 0. The van der Waals surface area contributed by atoms with Crippen molar-refractivity contribution in [1.29, 1.82) is 0 Å². The number of carbonyl (C=O) groups excluding carboxylic acids is 2. The number of hydrogen-bond donors (Lipinski definition) is 0. The van der Waals surface area contributed by atoms with Gasteiger partial charge >= 0.3 is 18.2 Å². The molecule has 2 aromatic rings. The van der Waals surface area contributed by atoms with Crippen molar-refractivity contribution in [1.82, 2.24) is 9.88 Å². The SMILES string of the molecule is COC(=O)c1cc2c(OC(=O)N(C)C)cc(C(F)(F)F)nc2o1. The summed E-state index contributed by atoms with van der Waals surface area (Å²) in [5.74, 6) is -1.70. The molecule has 124 valence electrons. The summed E-state index contributed by atoms with van der Waals surface area (Å²) in [5, 5.41) is -0.0615. The Bertz CT molecular complexity index is 767. The summed E-state index contributed by atoms with van der Waals surface area (Å²) in [4.78, 5) is 27.3. The van der Waals surface area contributed by atoms with Gasteiger partial charge in [0.05, 0.1) is 12.5 Å². The molecular weight excluding hydrogens is 321 g/mol. The minimum atomic E-state index is -4.79. The van der Waals surface area contributed by atoms with Crippen molar-refractivity contribution in [3.05, 3.63) is 23.6 Å². The van der Waals surface area contributed by atoms with Crippen LogP contribution >= 0.6 is 0 Å². The van der Waals surface area contributed by atoms with Crippen molar-refractivity contribution in [2.24, 2.45) is 0 Å². The second kappa shape index (κ2) is 5.78. The van der Waals surface area contributed by atoms with E-state index in [1.807, 2.05) is 0 Å². The van der Waals surface area contributed by atoms with Crippen LogP contribution < -0.4 is 4.74 Å². The number of fused-ring (bicyclic) bond motifs is 1. The Labute approximate surface area is 127 Å². The predicted octanol–water partition coefficient (Wildman–Crippen LogP) is 2.69. The topological polar surface area (TPSA) is 81.9 Å².